The molecule has 6 aromatic carbocycles. The molecule has 10 aromatic rings. The van der Waals surface area contributed by atoms with E-state index in [1.165, 1.54) is 122 Å². The monoisotopic (exact) mass is 1220 g/mol. The van der Waals surface area contributed by atoms with Crippen molar-refractivity contribution in [3.05, 3.63) is 191 Å². The van der Waals surface area contributed by atoms with Crippen molar-refractivity contribution in [3.63, 3.8) is 0 Å². The van der Waals surface area contributed by atoms with Crippen LogP contribution in [0.3, 0.4) is 0 Å². The van der Waals surface area contributed by atoms with Crippen LogP contribution < -0.4 is 44.2 Å². The fraction of sp³-hybridized carbons (Fsp3) is 0.161. The summed E-state index contributed by atoms with van der Waals surface area (Å²) in [5, 5.41) is 32.2. The number of aromatic nitrogens is 8. The molecule has 0 bridgehead atoms. The first-order valence-corrected chi connectivity index (χ1v) is 27.7. The van der Waals surface area contributed by atoms with Crippen LogP contribution in [0.1, 0.15) is 65.8 Å². The number of halogens is 3. The molecule has 27 heteroatoms. The maximum Gasteiger partial charge on any atom is 0.149 e. The molecule has 0 atom stereocenters. The second-order valence-corrected chi connectivity index (χ2v) is 19.4. The molecule has 12 N–H and O–H groups in total. The highest BCUT2D eigenvalue weighted by atomic mass is 35.5. The van der Waals surface area contributed by atoms with Gasteiger partial charge in [-0.15, -0.1) is 0 Å². The minimum absolute atomic E-state index is 0.0524. The van der Waals surface area contributed by atoms with Gasteiger partial charge in [0.05, 0.1) is 52.8 Å². The third-order valence-corrected chi connectivity index (χ3v) is 13.7. The van der Waals surface area contributed by atoms with Crippen LogP contribution in [0.5, 0.6) is 0 Å². The maximum absolute atomic E-state index is 13.6. The van der Waals surface area contributed by atoms with Gasteiger partial charge in [-0.05, 0) is 72.2 Å². The molecule has 1 fully saturated rings. The number of fused-ring (bicyclic) bond motifs is 2. The molecular weight excluding hydrogens is 1160 g/mol. The molecule has 0 saturated heterocycles. The first-order chi connectivity index (χ1) is 43.4. The summed E-state index contributed by atoms with van der Waals surface area (Å²) in [5.74, 6) is 2.35. The Balaban J connectivity index is 0.000000154. The van der Waals surface area contributed by atoms with Crippen molar-refractivity contribution in [3.8, 4) is 0 Å². The number of hydrogen-bond acceptors (Lipinski definition) is 24. The minimum atomic E-state index is -0.753. The summed E-state index contributed by atoms with van der Waals surface area (Å²) in [6.07, 6.45) is 17.8. The van der Waals surface area contributed by atoms with E-state index in [-0.39, 0.29) is 17.3 Å². The minimum Gasteiger partial charge on any atom is -0.399 e. The van der Waals surface area contributed by atoms with Gasteiger partial charge in [-0.3, -0.25) is 0 Å². The maximum atomic E-state index is 13.6. The fourth-order valence-corrected chi connectivity index (χ4v) is 9.28. The van der Waals surface area contributed by atoms with Gasteiger partial charge in [0.1, 0.15) is 112 Å². The third-order valence-electron chi connectivity index (χ3n) is 13.4. The lowest BCUT2D eigenvalue weighted by atomic mass is 9.84. The molecule has 0 amide bonds. The summed E-state index contributed by atoms with van der Waals surface area (Å²) in [4.78, 5) is 51.1. The van der Waals surface area contributed by atoms with E-state index in [1.54, 1.807) is 0 Å². The van der Waals surface area contributed by atoms with Gasteiger partial charge in [0.2, 0.25) is 0 Å². The van der Waals surface area contributed by atoms with Crippen LogP contribution in [0.2, 0.25) is 5.02 Å². The summed E-state index contributed by atoms with van der Waals surface area (Å²) in [6, 6.07) is 37.4. The van der Waals surface area contributed by atoms with Crippen LogP contribution in [0.4, 0.5) is 78.1 Å². The molecule has 24 nitrogen and oxygen atoms in total. The molecule has 0 radical (unpaired) electrons. The molecule has 1 aliphatic carbocycles. The van der Waals surface area contributed by atoms with Crippen molar-refractivity contribution in [1.82, 2.24) is 39.9 Å². The summed E-state index contributed by atoms with van der Waals surface area (Å²) in [6.45, 7) is 0. The Morgan fingerprint density at radius 2 is 0.865 bits per heavy atom. The molecular formula is C62H63ClF2N20O4. The highest BCUT2D eigenvalue weighted by Crippen LogP contribution is 2.35. The Labute approximate surface area is 515 Å². The summed E-state index contributed by atoms with van der Waals surface area (Å²) in [7, 11) is 5.77. The van der Waals surface area contributed by atoms with Crippen molar-refractivity contribution < 1.29 is 28.1 Å². The number of hydrogen-bond donors (Lipinski definition) is 8. The lowest BCUT2D eigenvalue weighted by Gasteiger charge is -2.22. The summed E-state index contributed by atoms with van der Waals surface area (Å²) >= 11 is 6.25. The molecule has 1 aliphatic rings. The van der Waals surface area contributed by atoms with Gasteiger partial charge in [0.15, 0.2) is 0 Å². The Morgan fingerprint density at radius 3 is 1.35 bits per heavy atom. The van der Waals surface area contributed by atoms with E-state index in [0.717, 1.165) is 50.7 Å². The van der Waals surface area contributed by atoms with Crippen molar-refractivity contribution in [2.75, 3.05) is 72.6 Å². The van der Waals surface area contributed by atoms with Crippen LogP contribution in [-0.4, -0.2) is 93.2 Å². The summed E-state index contributed by atoms with van der Waals surface area (Å²) in [5.41, 5.74) is 29.7. The lowest BCUT2D eigenvalue weighted by molar-refractivity contribution is 0.215. The Kier molecular flexibility index (Phi) is 23.0. The lowest BCUT2D eigenvalue weighted by Crippen LogP contribution is -2.06. The number of nitrogens with zero attached hydrogens (tertiary/aromatic N) is 12. The largest absolute Gasteiger partial charge is 0.399 e. The predicted octanol–water partition coefficient (Wildman–Crippen LogP) is 12.4. The zero-order chi connectivity index (χ0) is 62.9. The number of oxime groups is 4. The number of benzene rings is 6. The van der Waals surface area contributed by atoms with Gasteiger partial charge in [-0.1, -0.05) is 124 Å². The third kappa shape index (κ3) is 17.4. The molecule has 1 saturated carbocycles. The van der Waals surface area contributed by atoms with Crippen LogP contribution in [-0.2, 0) is 19.4 Å². The van der Waals surface area contributed by atoms with Crippen molar-refractivity contribution in [1.29, 1.82) is 0 Å². The van der Waals surface area contributed by atoms with Gasteiger partial charge < -0.3 is 63.6 Å². The van der Waals surface area contributed by atoms with Gasteiger partial charge in [0.25, 0.3) is 0 Å². The fourth-order valence-electron chi connectivity index (χ4n) is 9.06. The molecule has 89 heavy (non-hydrogen) atoms. The van der Waals surface area contributed by atoms with E-state index < -0.39 is 11.6 Å². The van der Waals surface area contributed by atoms with E-state index in [4.69, 9.17) is 49.0 Å². The Hall–Kier alpha value is -11.4. The number of nitrogens with two attached hydrogens (primary N) is 4. The van der Waals surface area contributed by atoms with E-state index in [9.17, 15) is 8.78 Å². The smallest absolute Gasteiger partial charge is 0.149 e. The standard InChI is InChI=1S/C18H23N5O.C16H14ClN5O.C16H15N5O.C12H11F2N5O/c1-24-22-11-16-17(19)20-12-21-18(16)23-15-9-7-14(8-10-15)13-5-3-2-4-6-13;1-23-21-8-12-15(18)19-9-20-16(12)22-14-7-6-13(17)10-4-2-3-5-11(10)14;1-22-20-9-13-15(17)18-10-19-16(13)21-14-8-4-6-11-5-2-3-7-12(11)14;1-20-18-5-8-11(15)16-6-17-12(8)19-10-3-2-7(13)4-9(10)14/h7-13H,2-6H2,1H3,(H3,19,20,21,23);2-9H,1H3,(H3,18,19,20,22);2-10H,1H3,(H3,17,18,19,21);2-6H,1H3,(H3,15,16,17,19)/b22-11+;21-8+;20-9+;18-5+. The molecule has 0 spiro atoms. The zero-order valence-corrected chi connectivity index (χ0v) is 49.5. The van der Waals surface area contributed by atoms with Gasteiger partial charge in [0, 0.05) is 44.3 Å². The number of nitrogens with one attached hydrogen (secondary N) is 4. The van der Waals surface area contributed by atoms with Gasteiger partial charge in [-0.2, -0.15) is 0 Å². The number of nitrogen functional groups attached to an aromatic ring is 4. The van der Waals surface area contributed by atoms with Crippen molar-refractivity contribution >= 4 is 127 Å². The number of rotatable bonds is 17. The molecule has 0 aliphatic heterocycles. The summed E-state index contributed by atoms with van der Waals surface area (Å²) < 4.78 is 26.4. The Bertz CT molecular complexity index is 4100. The first-order valence-electron chi connectivity index (χ1n) is 27.4. The van der Waals surface area contributed by atoms with Crippen LogP contribution in [0.25, 0.3) is 21.5 Å². The average Bonchev–Trinajstić information content (AvgIpc) is 3.17. The quantitative estimate of drug-likeness (QED) is 0.0310. The van der Waals surface area contributed by atoms with Gasteiger partial charge >= 0.3 is 0 Å². The average molecular weight is 1230 g/mol. The second kappa shape index (κ2) is 32.2. The highest BCUT2D eigenvalue weighted by Gasteiger charge is 2.17. The zero-order valence-electron chi connectivity index (χ0n) is 48.7. The topological polar surface area (TPSA) is 342 Å². The van der Waals surface area contributed by atoms with Crippen LogP contribution in [0, 0.1) is 11.6 Å². The molecule has 11 rings (SSSR count). The van der Waals surface area contributed by atoms with E-state index in [2.05, 4.69) is 123 Å². The van der Waals surface area contributed by atoms with Crippen molar-refractivity contribution in [2.24, 2.45) is 20.6 Å². The SMILES string of the molecule is CO/N=C/c1c(N)ncnc1Nc1ccc(C2CCCCC2)cc1.CO/N=C/c1c(N)ncnc1Nc1ccc(Cl)c2ccccc12.CO/N=C/c1c(N)ncnc1Nc1ccc(F)cc1F.CO/N=C/c1c(N)ncnc1Nc1cccc2ccccc12. The number of anilines is 12. The van der Waals surface area contributed by atoms with Crippen LogP contribution in [0.15, 0.2) is 167 Å². The molecule has 0 unspecified atom stereocenters. The van der Waals surface area contributed by atoms with E-state index >= 15 is 0 Å². The normalized spacial score (nSPS) is 12.2. The van der Waals surface area contributed by atoms with Crippen molar-refractivity contribution in [2.45, 2.75) is 38.0 Å². The molecule has 4 aromatic heterocycles. The van der Waals surface area contributed by atoms with Gasteiger partial charge in [-0.25, -0.2) is 48.7 Å². The molecule has 4 heterocycles. The molecule has 456 valence electrons. The second-order valence-electron chi connectivity index (χ2n) is 19.0. The van der Waals surface area contributed by atoms with E-state index in [0.29, 0.717) is 68.1 Å². The highest BCUT2D eigenvalue weighted by molar-refractivity contribution is 6.36. The van der Waals surface area contributed by atoms with Crippen LogP contribution >= 0.6 is 11.6 Å². The predicted molar refractivity (Wildman–Crippen MR) is 349 cm³/mol. The Morgan fingerprint density at radius 1 is 0.449 bits per heavy atom. The first kappa shape index (κ1) is 63.6. The van der Waals surface area contributed by atoms with E-state index in [1.807, 2.05) is 66.7 Å².